The van der Waals surface area contributed by atoms with Crippen LogP contribution in [0.25, 0.3) is 11.0 Å². The number of fused-ring (bicyclic) bond motifs is 1. The minimum absolute atomic E-state index is 0.565. The summed E-state index contributed by atoms with van der Waals surface area (Å²) in [5.74, 6) is 0.565. The van der Waals surface area contributed by atoms with Gasteiger partial charge in [-0.3, -0.25) is 0 Å². The van der Waals surface area contributed by atoms with Crippen LogP contribution in [0.5, 0.6) is 0 Å². The molecule has 0 aliphatic carbocycles. The fourth-order valence-electron chi connectivity index (χ4n) is 2.93. The molecule has 2 N–H and O–H groups in total. The number of piperazine rings is 1. The fourth-order valence-corrected chi connectivity index (χ4v) is 2.93. The average molecular weight is 320 g/mol. The summed E-state index contributed by atoms with van der Waals surface area (Å²) in [6.45, 7) is 6.21. The van der Waals surface area contributed by atoms with Crippen molar-refractivity contribution in [2.24, 2.45) is 0 Å². The Labute approximate surface area is 141 Å². The molecule has 2 aromatic heterocycles. The zero-order chi connectivity index (χ0) is 16.4. The highest BCUT2D eigenvalue weighted by Gasteiger charge is 2.10. The maximum absolute atomic E-state index is 4.49. The van der Waals surface area contributed by atoms with Crippen LogP contribution in [-0.4, -0.2) is 41.1 Å². The second kappa shape index (κ2) is 6.41. The smallest absolute Gasteiger partial charge is 0.229 e. The minimum Gasteiger partial charge on any atom is -0.369 e. The van der Waals surface area contributed by atoms with E-state index in [1.165, 1.54) is 5.69 Å². The SMILES string of the molecule is Cc1ccnc2nc(Nc3ccc(N4CCNCC4)cc3)ncc12. The number of rotatable bonds is 3. The van der Waals surface area contributed by atoms with E-state index in [1.54, 1.807) is 6.20 Å². The molecule has 6 heteroatoms. The van der Waals surface area contributed by atoms with E-state index in [2.05, 4.69) is 54.8 Å². The zero-order valence-corrected chi connectivity index (χ0v) is 13.7. The third-order valence-electron chi connectivity index (χ3n) is 4.32. The second-order valence-corrected chi connectivity index (χ2v) is 5.97. The van der Waals surface area contributed by atoms with Gasteiger partial charge >= 0.3 is 0 Å². The third kappa shape index (κ3) is 3.00. The summed E-state index contributed by atoms with van der Waals surface area (Å²) in [5, 5.41) is 7.61. The van der Waals surface area contributed by atoms with Gasteiger partial charge in [-0.25, -0.2) is 9.97 Å². The van der Waals surface area contributed by atoms with Crippen LogP contribution in [0.1, 0.15) is 5.56 Å². The number of nitrogens with one attached hydrogen (secondary N) is 2. The van der Waals surface area contributed by atoms with Crippen LogP contribution in [0.3, 0.4) is 0 Å². The lowest BCUT2D eigenvalue weighted by Crippen LogP contribution is -2.43. The maximum Gasteiger partial charge on any atom is 0.229 e. The number of aryl methyl sites for hydroxylation is 1. The number of nitrogens with zero attached hydrogens (tertiary/aromatic N) is 4. The standard InChI is InChI=1S/C18H20N6/c1-13-6-7-20-17-16(13)12-21-18(23-17)22-14-2-4-15(5-3-14)24-10-8-19-9-11-24/h2-7,12,19H,8-11H2,1H3,(H,20,21,22,23). The third-order valence-corrected chi connectivity index (χ3v) is 4.32. The summed E-state index contributed by atoms with van der Waals surface area (Å²) < 4.78 is 0. The van der Waals surface area contributed by atoms with E-state index in [1.807, 2.05) is 19.2 Å². The molecule has 0 radical (unpaired) electrons. The molecule has 1 saturated heterocycles. The van der Waals surface area contributed by atoms with Crippen LogP contribution in [-0.2, 0) is 0 Å². The highest BCUT2D eigenvalue weighted by molar-refractivity contribution is 5.78. The van der Waals surface area contributed by atoms with Crippen LogP contribution in [0, 0.1) is 6.92 Å². The van der Waals surface area contributed by atoms with Crippen LogP contribution in [0.2, 0.25) is 0 Å². The summed E-state index contributed by atoms with van der Waals surface area (Å²) in [4.78, 5) is 15.6. The fraction of sp³-hybridized carbons (Fsp3) is 0.278. The highest BCUT2D eigenvalue weighted by atomic mass is 15.2. The molecule has 1 aliphatic rings. The summed E-state index contributed by atoms with van der Waals surface area (Å²) in [7, 11) is 0. The van der Waals surface area contributed by atoms with Gasteiger partial charge < -0.3 is 15.5 Å². The average Bonchev–Trinajstić information content (AvgIpc) is 2.63. The molecule has 3 aromatic rings. The molecule has 122 valence electrons. The minimum atomic E-state index is 0.565. The largest absolute Gasteiger partial charge is 0.369 e. The molecule has 3 heterocycles. The van der Waals surface area contributed by atoms with Gasteiger partial charge in [-0.1, -0.05) is 0 Å². The van der Waals surface area contributed by atoms with Crippen LogP contribution < -0.4 is 15.5 Å². The van der Waals surface area contributed by atoms with Gasteiger partial charge in [-0.2, -0.15) is 4.98 Å². The predicted molar refractivity (Wildman–Crippen MR) is 96.9 cm³/mol. The molecule has 6 nitrogen and oxygen atoms in total. The van der Waals surface area contributed by atoms with Crippen molar-refractivity contribution < 1.29 is 0 Å². The monoisotopic (exact) mass is 320 g/mol. The summed E-state index contributed by atoms with van der Waals surface area (Å²) >= 11 is 0. The first-order valence-electron chi connectivity index (χ1n) is 8.21. The van der Waals surface area contributed by atoms with E-state index in [9.17, 15) is 0 Å². The van der Waals surface area contributed by atoms with Gasteiger partial charge in [0.2, 0.25) is 5.95 Å². The number of aromatic nitrogens is 3. The van der Waals surface area contributed by atoms with Crippen LogP contribution in [0.15, 0.2) is 42.7 Å². The molecule has 0 bridgehead atoms. The van der Waals surface area contributed by atoms with Gasteiger partial charge in [0, 0.05) is 55.3 Å². The van der Waals surface area contributed by atoms with E-state index in [0.29, 0.717) is 11.6 Å². The van der Waals surface area contributed by atoms with Crippen molar-refractivity contribution in [2.75, 3.05) is 36.4 Å². The van der Waals surface area contributed by atoms with E-state index in [4.69, 9.17) is 0 Å². The van der Waals surface area contributed by atoms with Gasteiger partial charge in [0.15, 0.2) is 5.65 Å². The van der Waals surface area contributed by atoms with E-state index >= 15 is 0 Å². The first kappa shape index (κ1) is 14.8. The van der Waals surface area contributed by atoms with Crippen molar-refractivity contribution in [1.29, 1.82) is 0 Å². The lowest BCUT2D eigenvalue weighted by atomic mass is 10.2. The Morgan fingerprint density at radius 2 is 1.83 bits per heavy atom. The molecule has 1 fully saturated rings. The summed E-state index contributed by atoms with van der Waals surface area (Å²) in [6.07, 6.45) is 3.60. The lowest BCUT2D eigenvalue weighted by Gasteiger charge is -2.29. The number of hydrogen-bond acceptors (Lipinski definition) is 6. The molecule has 0 amide bonds. The Morgan fingerprint density at radius 1 is 1.04 bits per heavy atom. The zero-order valence-electron chi connectivity index (χ0n) is 13.7. The number of anilines is 3. The molecule has 0 saturated carbocycles. The Balaban J connectivity index is 1.52. The molecule has 0 spiro atoms. The first-order chi connectivity index (χ1) is 11.8. The Bertz CT molecular complexity index is 840. The Morgan fingerprint density at radius 3 is 2.62 bits per heavy atom. The van der Waals surface area contributed by atoms with E-state index < -0.39 is 0 Å². The molecule has 4 rings (SSSR count). The lowest BCUT2D eigenvalue weighted by molar-refractivity contribution is 0.589. The molecule has 24 heavy (non-hydrogen) atoms. The predicted octanol–water partition coefficient (Wildman–Crippen LogP) is 2.49. The quantitative estimate of drug-likeness (QED) is 0.773. The van der Waals surface area contributed by atoms with Gasteiger partial charge in [-0.15, -0.1) is 0 Å². The number of hydrogen-bond donors (Lipinski definition) is 2. The van der Waals surface area contributed by atoms with Crippen LogP contribution in [0.4, 0.5) is 17.3 Å². The van der Waals surface area contributed by atoms with Crippen molar-refractivity contribution in [2.45, 2.75) is 6.92 Å². The van der Waals surface area contributed by atoms with Gasteiger partial charge in [-0.05, 0) is 42.8 Å². The van der Waals surface area contributed by atoms with Crippen molar-refractivity contribution in [1.82, 2.24) is 20.3 Å². The molecular formula is C18H20N6. The molecule has 0 unspecified atom stereocenters. The van der Waals surface area contributed by atoms with Crippen molar-refractivity contribution in [3.05, 3.63) is 48.3 Å². The Hall–Kier alpha value is -2.73. The Kier molecular flexibility index (Phi) is 3.96. The summed E-state index contributed by atoms with van der Waals surface area (Å²) in [5.41, 5.74) is 4.07. The second-order valence-electron chi connectivity index (χ2n) is 5.97. The van der Waals surface area contributed by atoms with Gasteiger partial charge in [0.25, 0.3) is 0 Å². The number of pyridine rings is 1. The van der Waals surface area contributed by atoms with Crippen molar-refractivity contribution >= 4 is 28.4 Å². The van der Waals surface area contributed by atoms with Crippen molar-refractivity contribution in [3.63, 3.8) is 0 Å². The van der Waals surface area contributed by atoms with Crippen LogP contribution >= 0.6 is 0 Å². The topological polar surface area (TPSA) is 66.0 Å². The maximum atomic E-state index is 4.49. The molecule has 1 aromatic carbocycles. The molecule has 1 aliphatic heterocycles. The summed E-state index contributed by atoms with van der Waals surface area (Å²) in [6, 6.07) is 10.4. The normalized spacial score (nSPS) is 14.8. The van der Waals surface area contributed by atoms with Crippen molar-refractivity contribution in [3.8, 4) is 0 Å². The van der Waals surface area contributed by atoms with E-state index in [0.717, 1.165) is 42.8 Å². The molecule has 0 atom stereocenters. The molecular weight excluding hydrogens is 300 g/mol. The highest BCUT2D eigenvalue weighted by Crippen LogP contribution is 2.21. The first-order valence-corrected chi connectivity index (χ1v) is 8.21. The van der Waals surface area contributed by atoms with Gasteiger partial charge in [0.1, 0.15) is 0 Å². The number of benzene rings is 1. The van der Waals surface area contributed by atoms with E-state index in [-0.39, 0.29) is 0 Å². The van der Waals surface area contributed by atoms with Gasteiger partial charge in [0.05, 0.1) is 0 Å².